The lowest BCUT2D eigenvalue weighted by atomic mass is 10.0. The van der Waals surface area contributed by atoms with Gasteiger partial charge in [0.15, 0.2) is 0 Å². The molecule has 1 amide bonds. The highest BCUT2D eigenvalue weighted by Gasteiger charge is 2.30. The van der Waals surface area contributed by atoms with Crippen LogP contribution in [0.15, 0.2) is 24.3 Å². The molecule has 1 aromatic rings. The number of carbonyl (C=O) groups excluding carboxylic acids is 1. The molecule has 100 valence electrons. The quantitative estimate of drug-likeness (QED) is 0.843. The molecule has 2 unspecified atom stereocenters. The van der Waals surface area contributed by atoms with Crippen molar-refractivity contribution >= 4 is 17.5 Å². The molecule has 2 nitrogen and oxygen atoms in total. The van der Waals surface area contributed by atoms with Gasteiger partial charge in [0.25, 0.3) is 0 Å². The Hall–Kier alpha value is -1.23. The smallest absolute Gasteiger partial charge is 0.348 e. The molecule has 0 heterocycles. The van der Waals surface area contributed by atoms with Gasteiger partial charge in [-0.05, 0) is 31.5 Å². The van der Waals surface area contributed by atoms with Crippen LogP contribution < -0.4 is 5.32 Å². The van der Waals surface area contributed by atoms with Gasteiger partial charge in [-0.1, -0.05) is 12.1 Å². The number of benzene rings is 1. The maximum absolute atomic E-state index is 12.5. The van der Waals surface area contributed by atoms with Crippen molar-refractivity contribution in [2.45, 2.75) is 31.4 Å². The Labute approximate surface area is 108 Å². The molecule has 0 spiro atoms. The van der Waals surface area contributed by atoms with Crippen molar-refractivity contribution in [2.24, 2.45) is 0 Å². The topological polar surface area (TPSA) is 29.1 Å². The summed E-state index contributed by atoms with van der Waals surface area (Å²) < 4.78 is 37.5. The molecule has 0 saturated carbocycles. The zero-order valence-electron chi connectivity index (χ0n) is 9.88. The summed E-state index contributed by atoms with van der Waals surface area (Å²) in [6.45, 7) is 3.10. The maximum Gasteiger partial charge on any atom is 0.416 e. The third-order valence-corrected chi connectivity index (χ3v) is 2.63. The zero-order chi connectivity index (χ0) is 13.9. The van der Waals surface area contributed by atoms with E-state index in [0.717, 1.165) is 12.1 Å². The number of hydrogen-bond acceptors (Lipinski definition) is 1. The molecule has 0 fully saturated rings. The zero-order valence-corrected chi connectivity index (χ0v) is 10.6. The van der Waals surface area contributed by atoms with Crippen LogP contribution in [-0.4, -0.2) is 11.3 Å². The number of rotatable bonds is 3. The van der Waals surface area contributed by atoms with E-state index in [1.54, 1.807) is 6.92 Å². The van der Waals surface area contributed by atoms with Crippen LogP contribution in [0.4, 0.5) is 13.2 Å². The number of halogens is 4. The number of amides is 1. The fourth-order valence-electron chi connectivity index (χ4n) is 1.40. The molecular weight excluding hydrogens is 267 g/mol. The van der Waals surface area contributed by atoms with E-state index in [2.05, 4.69) is 5.32 Å². The average molecular weight is 280 g/mol. The van der Waals surface area contributed by atoms with Crippen LogP contribution in [0.1, 0.15) is 31.0 Å². The molecule has 0 saturated heterocycles. The number of carbonyl (C=O) groups is 1. The van der Waals surface area contributed by atoms with Crippen molar-refractivity contribution in [1.29, 1.82) is 0 Å². The minimum absolute atomic E-state index is 0.385. The van der Waals surface area contributed by atoms with E-state index in [1.807, 2.05) is 0 Å². The molecule has 0 aliphatic carbocycles. The number of nitrogens with one attached hydrogen (secondary N) is 1. The highest BCUT2D eigenvalue weighted by atomic mass is 35.5. The molecule has 1 rings (SSSR count). The molecule has 0 radical (unpaired) electrons. The highest BCUT2D eigenvalue weighted by Crippen LogP contribution is 2.30. The summed E-state index contributed by atoms with van der Waals surface area (Å²) in [4.78, 5) is 11.3. The van der Waals surface area contributed by atoms with E-state index in [-0.39, 0.29) is 0 Å². The third kappa shape index (κ3) is 3.91. The largest absolute Gasteiger partial charge is 0.416 e. The Bertz CT molecular complexity index is 432. The average Bonchev–Trinajstić information content (AvgIpc) is 2.27. The molecular formula is C12H13ClF3NO. The summed E-state index contributed by atoms with van der Waals surface area (Å²) in [7, 11) is 0. The normalized spacial score (nSPS) is 15.0. The van der Waals surface area contributed by atoms with Gasteiger partial charge < -0.3 is 5.32 Å². The van der Waals surface area contributed by atoms with Crippen LogP contribution in [0, 0.1) is 0 Å². The lowest BCUT2D eigenvalue weighted by molar-refractivity contribution is -0.137. The molecule has 0 bridgehead atoms. The lowest BCUT2D eigenvalue weighted by Crippen LogP contribution is -2.32. The third-order valence-electron chi connectivity index (χ3n) is 2.43. The monoisotopic (exact) mass is 279 g/mol. The van der Waals surface area contributed by atoms with Crippen molar-refractivity contribution in [1.82, 2.24) is 5.32 Å². The summed E-state index contributed by atoms with van der Waals surface area (Å²) in [5, 5.41) is 1.81. The van der Waals surface area contributed by atoms with Crippen LogP contribution in [0.3, 0.4) is 0 Å². The second-order valence-corrected chi connectivity index (χ2v) is 4.62. The standard InChI is InChI=1S/C12H13ClF3NO/c1-7(13)11(18)17-8(2)9-4-3-5-10(6-9)12(14,15)16/h3-8H,1-2H3,(H,17,18). The van der Waals surface area contributed by atoms with Crippen LogP contribution >= 0.6 is 11.6 Å². The predicted molar refractivity (Wildman–Crippen MR) is 63.3 cm³/mol. The van der Waals surface area contributed by atoms with Gasteiger partial charge in [-0.15, -0.1) is 11.6 Å². The maximum atomic E-state index is 12.5. The minimum Gasteiger partial charge on any atom is -0.348 e. The van der Waals surface area contributed by atoms with Gasteiger partial charge in [0.05, 0.1) is 11.6 Å². The van der Waals surface area contributed by atoms with Gasteiger partial charge in [0.1, 0.15) is 5.38 Å². The summed E-state index contributed by atoms with van der Waals surface area (Å²) >= 11 is 5.57. The Morgan fingerprint density at radius 1 is 1.33 bits per heavy atom. The molecule has 18 heavy (non-hydrogen) atoms. The second-order valence-electron chi connectivity index (χ2n) is 3.97. The van der Waals surface area contributed by atoms with Gasteiger partial charge in [-0.25, -0.2) is 0 Å². The molecule has 0 aliphatic rings. The molecule has 1 aromatic carbocycles. The van der Waals surface area contributed by atoms with E-state index in [9.17, 15) is 18.0 Å². The number of hydrogen-bond donors (Lipinski definition) is 1. The predicted octanol–water partition coefficient (Wildman–Crippen LogP) is 3.51. The van der Waals surface area contributed by atoms with E-state index < -0.39 is 29.1 Å². The first-order valence-electron chi connectivity index (χ1n) is 5.33. The van der Waals surface area contributed by atoms with E-state index in [1.165, 1.54) is 19.1 Å². The first kappa shape index (κ1) is 14.8. The van der Waals surface area contributed by atoms with Crippen LogP contribution in [0.2, 0.25) is 0 Å². The highest BCUT2D eigenvalue weighted by molar-refractivity contribution is 6.30. The molecule has 0 aromatic heterocycles. The van der Waals surface area contributed by atoms with Crippen molar-refractivity contribution < 1.29 is 18.0 Å². The Kier molecular flexibility index (Phi) is 4.62. The molecule has 6 heteroatoms. The summed E-state index contributed by atoms with van der Waals surface area (Å²) in [5.41, 5.74) is -0.351. The van der Waals surface area contributed by atoms with Crippen molar-refractivity contribution in [3.05, 3.63) is 35.4 Å². The van der Waals surface area contributed by atoms with Crippen molar-refractivity contribution in [3.63, 3.8) is 0 Å². The lowest BCUT2D eigenvalue weighted by Gasteiger charge is -2.16. The van der Waals surface area contributed by atoms with Crippen molar-refractivity contribution in [2.75, 3.05) is 0 Å². The number of alkyl halides is 4. The Morgan fingerprint density at radius 2 is 1.94 bits per heavy atom. The van der Waals surface area contributed by atoms with Gasteiger partial charge in [0, 0.05) is 0 Å². The van der Waals surface area contributed by atoms with E-state index >= 15 is 0 Å². The summed E-state index contributed by atoms with van der Waals surface area (Å²) in [6, 6.07) is 4.32. The van der Waals surface area contributed by atoms with Crippen molar-refractivity contribution in [3.8, 4) is 0 Å². The minimum atomic E-state index is -4.39. The molecule has 2 atom stereocenters. The van der Waals surface area contributed by atoms with Crippen LogP contribution in [0.25, 0.3) is 0 Å². The first-order chi connectivity index (χ1) is 8.21. The Balaban J connectivity index is 2.87. The van der Waals surface area contributed by atoms with Crippen LogP contribution in [-0.2, 0) is 11.0 Å². The molecule has 0 aliphatic heterocycles. The SMILES string of the molecule is CC(Cl)C(=O)NC(C)c1cccc(C(F)(F)F)c1. The fraction of sp³-hybridized carbons (Fsp3) is 0.417. The van der Waals surface area contributed by atoms with E-state index in [4.69, 9.17) is 11.6 Å². The van der Waals surface area contributed by atoms with Gasteiger partial charge >= 0.3 is 6.18 Å². The van der Waals surface area contributed by atoms with Gasteiger partial charge in [0.2, 0.25) is 5.91 Å². The van der Waals surface area contributed by atoms with Crippen LogP contribution in [0.5, 0.6) is 0 Å². The second kappa shape index (κ2) is 5.61. The van der Waals surface area contributed by atoms with Gasteiger partial charge in [-0.2, -0.15) is 13.2 Å². The van der Waals surface area contributed by atoms with Gasteiger partial charge in [-0.3, -0.25) is 4.79 Å². The molecule has 1 N–H and O–H groups in total. The Morgan fingerprint density at radius 3 is 2.44 bits per heavy atom. The summed E-state index contributed by atoms with van der Waals surface area (Å²) in [6.07, 6.45) is -4.39. The fourth-order valence-corrected chi connectivity index (χ4v) is 1.46. The first-order valence-corrected chi connectivity index (χ1v) is 5.77. The summed E-state index contributed by atoms with van der Waals surface area (Å²) in [5.74, 6) is -0.415. The van der Waals surface area contributed by atoms with E-state index in [0.29, 0.717) is 5.56 Å².